The SMILES string of the molecule is CCCCCCC/C=C/[C@@H]1OC[C@@H](OCc2ccc(C(C)(C)C)cc2)[C@H](OC)[C@@H]1OC(=O)CN.O=C(O)C(F)(F)F. The van der Waals surface area contributed by atoms with Gasteiger partial charge in [0.15, 0.2) is 6.10 Å². The van der Waals surface area contributed by atoms with Gasteiger partial charge < -0.3 is 29.8 Å². The molecule has 2 rings (SSSR count). The molecule has 41 heavy (non-hydrogen) atoms. The summed E-state index contributed by atoms with van der Waals surface area (Å²) in [5.74, 6) is -3.24. The lowest BCUT2D eigenvalue weighted by Crippen LogP contribution is -2.56. The van der Waals surface area contributed by atoms with Crippen LogP contribution in [0.15, 0.2) is 36.4 Å². The zero-order chi connectivity index (χ0) is 31.1. The largest absolute Gasteiger partial charge is 0.490 e. The van der Waals surface area contributed by atoms with Gasteiger partial charge in [0.25, 0.3) is 0 Å². The average Bonchev–Trinajstić information content (AvgIpc) is 2.91. The molecule has 0 unspecified atom stereocenters. The number of hydrogen-bond acceptors (Lipinski definition) is 7. The standard InChI is InChI=1S/C28H45NO5.C2HF3O2/c1-6-7-8-9-10-11-12-13-23-27(34-25(30)18-29)26(31-5)24(20-33-23)32-19-21-14-16-22(17-15-21)28(2,3)4;3-2(4,5)1(6)7/h12-17,23-24,26-27H,6-11,18-20,29H2,1-5H3;(H,6,7)/b13-12+;/t23-,24+,26-,27+;/m0./s1. The van der Waals surface area contributed by atoms with Gasteiger partial charge in [-0.3, -0.25) is 4.79 Å². The molecule has 1 heterocycles. The molecule has 11 heteroatoms. The second-order valence-electron chi connectivity index (χ2n) is 10.9. The van der Waals surface area contributed by atoms with Crippen molar-refractivity contribution in [2.45, 2.75) is 109 Å². The topological polar surface area (TPSA) is 117 Å². The predicted molar refractivity (Wildman–Crippen MR) is 149 cm³/mol. The zero-order valence-electron chi connectivity index (χ0n) is 24.7. The molecule has 1 fully saturated rings. The Morgan fingerprint density at radius 3 is 2.20 bits per heavy atom. The van der Waals surface area contributed by atoms with Gasteiger partial charge in [0, 0.05) is 7.11 Å². The summed E-state index contributed by atoms with van der Waals surface area (Å²) in [6, 6.07) is 8.45. The van der Waals surface area contributed by atoms with E-state index in [1.54, 1.807) is 7.11 Å². The van der Waals surface area contributed by atoms with E-state index in [2.05, 4.69) is 58.0 Å². The second kappa shape index (κ2) is 18.1. The van der Waals surface area contributed by atoms with E-state index in [1.165, 1.54) is 31.2 Å². The number of rotatable bonds is 13. The number of allylic oxidation sites excluding steroid dienone is 1. The average molecular weight is 590 g/mol. The lowest BCUT2D eigenvalue weighted by atomic mass is 9.87. The summed E-state index contributed by atoms with van der Waals surface area (Å²) in [7, 11) is 1.61. The maximum absolute atomic E-state index is 12.0. The van der Waals surface area contributed by atoms with E-state index in [4.69, 9.17) is 34.6 Å². The van der Waals surface area contributed by atoms with Crippen LogP contribution in [-0.2, 0) is 40.6 Å². The van der Waals surface area contributed by atoms with E-state index in [-0.39, 0.29) is 24.2 Å². The number of ether oxygens (including phenoxy) is 4. The van der Waals surface area contributed by atoms with Crippen molar-refractivity contribution in [3.8, 4) is 0 Å². The number of carboxylic acid groups (broad SMARTS) is 1. The first-order valence-electron chi connectivity index (χ1n) is 14.0. The fourth-order valence-electron chi connectivity index (χ4n) is 4.12. The molecule has 0 aromatic heterocycles. The van der Waals surface area contributed by atoms with Gasteiger partial charge in [-0.2, -0.15) is 13.2 Å². The highest BCUT2D eigenvalue weighted by Gasteiger charge is 2.43. The zero-order valence-corrected chi connectivity index (χ0v) is 24.7. The molecule has 1 aromatic rings. The number of methoxy groups -OCH3 is 1. The molecule has 1 aliphatic rings. The first-order valence-corrected chi connectivity index (χ1v) is 14.0. The number of hydrogen-bond donors (Lipinski definition) is 2. The van der Waals surface area contributed by atoms with E-state index in [9.17, 15) is 18.0 Å². The molecule has 1 aromatic carbocycles. The summed E-state index contributed by atoms with van der Waals surface area (Å²) >= 11 is 0. The quantitative estimate of drug-likeness (QED) is 0.171. The van der Waals surface area contributed by atoms with Gasteiger partial charge in [-0.05, 0) is 29.4 Å². The van der Waals surface area contributed by atoms with Crippen LogP contribution in [0.5, 0.6) is 0 Å². The van der Waals surface area contributed by atoms with Crippen molar-refractivity contribution in [1.82, 2.24) is 0 Å². The monoisotopic (exact) mass is 589 g/mol. The maximum Gasteiger partial charge on any atom is 0.490 e. The van der Waals surface area contributed by atoms with Gasteiger partial charge in [0.1, 0.15) is 18.3 Å². The molecule has 1 saturated heterocycles. The predicted octanol–water partition coefficient (Wildman–Crippen LogP) is 5.70. The van der Waals surface area contributed by atoms with Crippen LogP contribution in [0.25, 0.3) is 0 Å². The molecule has 0 amide bonds. The number of carbonyl (C=O) groups is 2. The number of benzene rings is 1. The molecule has 0 aliphatic carbocycles. The normalized spacial score (nSPS) is 21.3. The van der Waals surface area contributed by atoms with Crippen LogP contribution in [0.3, 0.4) is 0 Å². The molecule has 0 radical (unpaired) electrons. The van der Waals surface area contributed by atoms with Crippen LogP contribution in [0.2, 0.25) is 0 Å². The van der Waals surface area contributed by atoms with Crippen LogP contribution >= 0.6 is 0 Å². The van der Waals surface area contributed by atoms with Crippen molar-refractivity contribution in [2.75, 3.05) is 20.3 Å². The smallest absolute Gasteiger partial charge is 0.475 e. The van der Waals surface area contributed by atoms with E-state index < -0.39 is 30.3 Å². The summed E-state index contributed by atoms with van der Waals surface area (Å²) in [5.41, 5.74) is 7.97. The first-order chi connectivity index (χ1) is 19.2. The molecule has 4 atom stereocenters. The molecule has 1 aliphatic heterocycles. The van der Waals surface area contributed by atoms with Gasteiger partial charge in [0.05, 0.1) is 19.8 Å². The maximum atomic E-state index is 12.0. The molecule has 0 saturated carbocycles. The number of unbranched alkanes of at least 4 members (excludes halogenated alkanes) is 5. The van der Waals surface area contributed by atoms with Crippen LogP contribution in [0, 0.1) is 0 Å². The van der Waals surface area contributed by atoms with Gasteiger partial charge in [-0.1, -0.05) is 89.8 Å². The van der Waals surface area contributed by atoms with Crippen molar-refractivity contribution < 1.29 is 46.8 Å². The third-order valence-corrected chi connectivity index (χ3v) is 6.50. The number of alkyl halides is 3. The molecule has 8 nitrogen and oxygen atoms in total. The van der Waals surface area contributed by atoms with Gasteiger partial charge in [-0.25, -0.2) is 4.79 Å². The van der Waals surface area contributed by atoms with Crippen molar-refractivity contribution in [3.05, 3.63) is 47.5 Å². The Hall–Kier alpha value is -2.47. The molecule has 3 N–H and O–H groups in total. The second-order valence-corrected chi connectivity index (χ2v) is 10.9. The summed E-state index contributed by atoms with van der Waals surface area (Å²) in [5, 5.41) is 7.12. The Kier molecular flexibility index (Phi) is 16.2. The number of nitrogens with two attached hydrogens (primary N) is 1. The van der Waals surface area contributed by atoms with Crippen LogP contribution < -0.4 is 5.73 Å². The Bertz CT molecular complexity index is 929. The van der Waals surface area contributed by atoms with Crippen LogP contribution in [-0.4, -0.2) is 67.9 Å². The van der Waals surface area contributed by atoms with E-state index >= 15 is 0 Å². The number of aliphatic carboxylic acids is 1. The summed E-state index contributed by atoms with van der Waals surface area (Å²) in [6.45, 7) is 9.40. The Morgan fingerprint density at radius 1 is 1.07 bits per heavy atom. The fraction of sp³-hybridized carbons (Fsp3) is 0.667. The molecule has 234 valence electrons. The third-order valence-electron chi connectivity index (χ3n) is 6.50. The first kappa shape index (κ1) is 36.6. The third kappa shape index (κ3) is 13.8. The number of halogens is 3. The highest BCUT2D eigenvalue weighted by Crippen LogP contribution is 2.26. The van der Waals surface area contributed by atoms with Crippen molar-refractivity contribution in [3.63, 3.8) is 0 Å². The highest BCUT2D eigenvalue weighted by molar-refractivity contribution is 5.73. The number of carbonyl (C=O) groups excluding carboxylic acids is 1. The Morgan fingerprint density at radius 2 is 1.68 bits per heavy atom. The minimum absolute atomic E-state index is 0.107. The van der Waals surface area contributed by atoms with E-state index in [0.29, 0.717) is 13.2 Å². The minimum atomic E-state index is -5.08. The Labute approximate surface area is 241 Å². The summed E-state index contributed by atoms with van der Waals surface area (Å²) < 4.78 is 55.4. The molecule has 0 bridgehead atoms. The van der Waals surface area contributed by atoms with E-state index in [0.717, 1.165) is 18.4 Å². The van der Waals surface area contributed by atoms with Crippen molar-refractivity contribution in [1.29, 1.82) is 0 Å². The van der Waals surface area contributed by atoms with Gasteiger partial charge in [0.2, 0.25) is 0 Å². The van der Waals surface area contributed by atoms with Crippen LogP contribution in [0.4, 0.5) is 13.2 Å². The lowest BCUT2D eigenvalue weighted by Gasteiger charge is -2.40. The van der Waals surface area contributed by atoms with Crippen molar-refractivity contribution in [2.24, 2.45) is 5.73 Å². The molecule has 0 spiro atoms. The summed E-state index contributed by atoms with van der Waals surface area (Å²) in [4.78, 5) is 20.9. The number of esters is 1. The van der Waals surface area contributed by atoms with E-state index in [1.807, 2.05) is 6.08 Å². The van der Waals surface area contributed by atoms with Gasteiger partial charge in [-0.15, -0.1) is 0 Å². The lowest BCUT2D eigenvalue weighted by molar-refractivity contribution is -0.216. The minimum Gasteiger partial charge on any atom is -0.475 e. The highest BCUT2D eigenvalue weighted by atomic mass is 19.4. The fourth-order valence-corrected chi connectivity index (χ4v) is 4.12. The van der Waals surface area contributed by atoms with Crippen molar-refractivity contribution >= 4 is 11.9 Å². The molecular weight excluding hydrogens is 543 g/mol. The molecular formula is C30H46F3NO7. The van der Waals surface area contributed by atoms with Gasteiger partial charge >= 0.3 is 18.1 Å². The number of carboxylic acids is 1. The Balaban J connectivity index is 0.00000106. The summed E-state index contributed by atoms with van der Waals surface area (Å²) in [6.07, 6.45) is 4.35. The van der Waals surface area contributed by atoms with Crippen LogP contribution in [0.1, 0.15) is 77.3 Å².